The molecule has 0 radical (unpaired) electrons. The number of thiophene rings is 1. The van der Waals surface area contributed by atoms with E-state index >= 15 is 0 Å². The lowest BCUT2D eigenvalue weighted by molar-refractivity contribution is -0.141. The van der Waals surface area contributed by atoms with E-state index in [1.165, 1.54) is 36.7 Å². The third-order valence-corrected chi connectivity index (χ3v) is 5.35. The fourth-order valence-electron chi connectivity index (χ4n) is 2.33. The Morgan fingerprint density at radius 3 is 2.73 bits per heavy atom. The molecular weight excluding hydrogens is 374 g/mol. The van der Waals surface area contributed by atoms with Gasteiger partial charge in [0.05, 0.1) is 22.2 Å². The van der Waals surface area contributed by atoms with E-state index in [-0.39, 0.29) is 18.4 Å². The van der Waals surface area contributed by atoms with Crippen LogP contribution in [0.2, 0.25) is 0 Å². The summed E-state index contributed by atoms with van der Waals surface area (Å²) in [5.41, 5.74) is 1.36. The molecule has 9 heteroatoms. The van der Waals surface area contributed by atoms with E-state index in [9.17, 15) is 14.4 Å². The second kappa shape index (κ2) is 7.63. The zero-order valence-corrected chi connectivity index (χ0v) is 15.6. The second-order valence-electron chi connectivity index (χ2n) is 5.30. The molecule has 0 aliphatic heterocycles. The number of rotatable bonds is 4. The lowest BCUT2D eigenvalue weighted by Gasteiger charge is -2.05. The number of hydrogen-bond acceptors (Lipinski definition) is 6. The largest absolute Gasteiger partial charge is 0.468 e. The molecule has 1 N–H and O–H groups in total. The Bertz CT molecular complexity index is 1050. The third-order valence-electron chi connectivity index (χ3n) is 3.45. The van der Waals surface area contributed by atoms with Crippen molar-refractivity contribution in [2.75, 3.05) is 12.4 Å². The van der Waals surface area contributed by atoms with Gasteiger partial charge in [0.2, 0.25) is 5.91 Å². The summed E-state index contributed by atoms with van der Waals surface area (Å²) in [5.74, 6) is -0.992. The third kappa shape index (κ3) is 3.89. The summed E-state index contributed by atoms with van der Waals surface area (Å²) in [4.78, 5) is 40.5. The Balaban J connectivity index is 2.12. The van der Waals surface area contributed by atoms with Crippen LogP contribution >= 0.6 is 22.7 Å². The van der Waals surface area contributed by atoms with Gasteiger partial charge in [0.1, 0.15) is 6.54 Å². The van der Waals surface area contributed by atoms with Crippen LogP contribution in [0.1, 0.15) is 16.6 Å². The summed E-state index contributed by atoms with van der Waals surface area (Å²) < 4.78 is 7.17. The summed E-state index contributed by atoms with van der Waals surface area (Å²) in [6.45, 7) is 1.36. The molecule has 3 rings (SSSR count). The number of thiazole rings is 1. The van der Waals surface area contributed by atoms with Gasteiger partial charge in [-0.3, -0.25) is 14.4 Å². The predicted octanol–water partition coefficient (Wildman–Crippen LogP) is 2.64. The van der Waals surface area contributed by atoms with Gasteiger partial charge in [-0.1, -0.05) is 17.4 Å². The van der Waals surface area contributed by atoms with Crippen molar-refractivity contribution in [1.29, 1.82) is 0 Å². The topological polar surface area (TPSA) is 89.8 Å². The minimum Gasteiger partial charge on any atom is -0.468 e. The maximum Gasteiger partial charge on any atom is 0.325 e. The highest BCUT2D eigenvalue weighted by Gasteiger charge is 2.13. The maximum atomic E-state index is 12.3. The summed E-state index contributed by atoms with van der Waals surface area (Å²) >= 11 is 2.57. The molecule has 0 atom stereocenters. The highest BCUT2D eigenvalue weighted by Crippen LogP contribution is 2.22. The number of fused-ring (bicyclic) bond motifs is 1. The standard InChI is InChI=1S/C17H15N3O4S2/c1-10(21)18-11-5-6-12-14(8-11)26-17(20(12)9-15(22)24-2)19-16(23)13-4-3-7-25-13/h3-8H,9H2,1-2H3,(H,18,21). The molecule has 0 saturated heterocycles. The Hall–Kier alpha value is -2.78. The number of benzene rings is 1. The van der Waals surface area contributed by atoms with Crippen LogP contribution in [0.4, 0.5) is 5.69 Å². The average molecular weight is 389 g/mol. The highest BCUT2D eigenvalue weighted by molar-refractivity contribution is 7.16. The van der Waals surface area contributed by atoms with E-state index in [1.807, 2.05) is 0 Å². The molecule has 134 valence electrons. The number of methoxy groups -OCH3 is 1. The highest BCUT2D eigenvalue weighted by atomic mass is 32.1. The van der Waals surface area contributed by atoms with Crippen molar-refractivity contribution in [2.45, 2.75) is 13.5 Å². The number of carbonyl (C=O) groups is 3. The van der Waals surface area contributed by atoms with E-state index in [2.05, 4.69) is 10.3 Å². The molecule has 2 heterocycles. The SMILES string of the molecule is COC(=O)Cn1c(=NC(=O)c2cccs2)sc2cc(NC(C)=O)ccc21. The first-order chi connectivity index (χ1) is 12.5. The molecule has 26 heavy (non-hydrogen) atoms. The fraction of sp³-hybridized carbons (Fsp3) is 0.176. The van der Waals surface area contributed by atoms with Crippen LogP contribution in [0.25, 0.3) is 10.2 Å². The number of nitrogens with one attached hydrogen (secondary N) is 1. The molecule has 2 aromatic heterocycles. The molecule has 3 aromatic rings. The average Bonchev–Trinajstić information content (AvgIpc) is 3.23. The van der Waals surface area contributed by atoms with Gasteiger partial charge in [-0.05, 0) is 29.6 Å². The normalized spacial score (nSPS) is 11.5. The van der Waals surface area contributed by atoms with Crippen molar-refractivity contribution in [2.24, 2.45) is 4.99 Å². The first-order valence-corrected chi connectivity index (χ1v) is 9.28. The van der Waals surface area contributed by atoms with Gasteiger partial charge < -0.3 is 14.6 Å². The van der Waals surface area contributed by atoms with Gasteiger partial charge >= 0.3 is 5.97 Å². The van der Waals surface area contributed by atoms with Crippen molar-refractivity contribution in [3.8, 4) is 0 Å². The van der Waals surface area contributed by atoms with Crippen molar-refractivity contribution < 1.29 is 19.1 Å². The first kappa shape index (κ1) is 18.0. The lowest BCUT2D eigenvalue weighted by atomic mass is 10.3. The zero-order valence-electron chi connectivity index (χ0n) is 14.0. The Labute approximate surface area is 156 Å². The first-order valence-electron chi connectivity index (χ1n) is 7.58. The summed E-state index contributed by atoms with van der Waals surface area (Å²) in [5, 5.41) is 4.51. The van der Waals surface area contributed by atoms with Gasteiger partial charge in [-0.25, -0.2) is 0 Å². The monoisotopic (exact) mass is 389 g/mol. The quantitative estimate of drug-likeness (QED) is 0.695. The van der Waals surface area contributed by atoms with Crippen LogP contribution in [0.15, 0.2) is 40.7 Å². The van der Waals surface area contributed by atoms with Crippen molar-refractivity contribution >= 4 is 56.4 Å². The van der Waals surface area contributed by atoms with Crippen molar-refractivity contribution in [3.05, 3.63) is 45.4 Å². The van der Waals surface area contributed by atoms with Crippen LogP contribution in [0.5, 0.6) is 0 Å². The molecule has 0 fully saturated rings. The molecule has 0 unspecified atom stereocenters. The van der Waals surface area contributed by atoms with E-state index in [1.54, 1.807) is 40.3 Å². The zero-order chi connectivity index (χ0) is 18.7. The van der Waals surface area contributed by atoms with Gasteiger partial charge in [0, 0.05) is 12.6 Å². The molecule has 0 spiro atoms. The van der Waals surface area contributed by atoms with Crippen LogP contribution < -0.4 is 10.1 Å². The van der Waals surface area contributed by atoms with Crippen LogP contribution in [0, 0.1) is 0 Å². The number of carbonyl (C=O) groups excluding carboxylic acids is 3. The Morgan fingerprint density at radius 2 is 2.08 bits per heavy atom. The van der Waals surface area contributed by atoms with Crippen LogP contribution in [0.3, 0.4) is 0 Å². The Kier molecular flexibility index (Phi) is 5.29. The van der Waals surface area contributed by atoms with E-state index < -0.39 is 5.97 Å². The maximum absolute atomic E-state index is 12.3. The number of aromatic nitrogens is 1. The number of hydrogen-bond donors (Lipinski definition) is 1. The number of anilines is 1. The number of nitrogens with zero attached hydrogens (tertiary/aromatic N) is 2. The van der Waals surface area contributed by atoms with Crippen LogP contribution in [-0.4, -0.2) is 29.5 Å². The summed E-state index contributed by atoms with van der Waals surface area (Å²) in [6.07, 6.45) is 0. The van der Waals surface area contributed by atoms with Gasteiger partial charge in [-0.15, -0.1) is 11.3 Å². The molecule has 0 aliphatic rings. The molecular formula is C17H15N3O4S2. The van der Waals surface area contributed by atoms with E-state index in [0.29, 0.717) is 15.4 Å². The van der Waals surface area contributed by atoms with Crippen molar-refractivity contribution in [3.63, 3.8) is 0 Å². The van der Waals surface area contributed by atoms with Gasteiger partial charge in [0.15, 0.2) is 4.80 Å². The van der Waals surface area contributed by atoms with Gasteiger partial charge in [0.25, 0.3) is 5.91 Å². The number of ether oxygens (including phenoxy) is 1. The van der Waals surface area contributed by atoms with E-state index in [0.717, 1.165) is 10.2 Å². The van der Waals surface area contributed by atoms with Crippen molar-refractivity contribution in [1.82, 2.24) is 4.57 Å². The summed E-state index contributed by atoms with van der Waals surface area (Å²) in [6, 6.07) is 8.76. The molecule has 7 nitrogen and oxygen atoms in total. The lowest BCUT2D eigenvalue weighted by Crippen LogP contribution is -2.22. The Morgan fingerprint density at radius 1 is 1.27 bits per heavy atom. The fourth-order valence-corrected chi connectivity index (χ4v) is 4.00. The predicted molar refractivity (Wildman–Crippen MR) is 100 cm³/mol. The number of amides is 2. The second-order valence-corrected chi connectivity index (χ2v) is 7.26. The minimum atomic E-state index is -0.444. The number of esters is 1. The molecule has 0 saturated carbocycles. The molecule has 2 amide bonds. The molecule has 0 aliphatic carbocycles. The van der Waals surface area contributed by atoms with E-state index in [4.69, 9.17) is 4.74 Å². The smallest absolute Gasteiger partial charge is 0.325 e. The molecule has 0 bridgehead atoms. The molecule has 1 aromatic carbocycles. The summed E-state index contributed by atoms with van der Waals surface area (Å²) in [7, 11) is 1.31. The van der Waals surface area contributed by atoms with Gasteiger partial charge in [-0.2, -0.15) is 4.99 Å². The van der Waals surface area contributed by atoms with Crippen LogP contribution in [-0.2, 0) is 20.9 Å². The minimum absolute atomic E-state index is 0.0630.